The Balaban J connectivity index is 1.84. The van der Waals surface area contributed by atoms with Gasteiger partial charge in [0.2, 0.25) is 0 Å². The lowest BCUT2D eigenvalue weighted by Gasteiger charge is -2.25. The number of halogens is 4. The quantitative estimate of drug-likeness (QED) is 0.355. The molecule has 0 bridgehead atoms. The molecule has 1 unspecified atom stereocenters. The van der Waals surface area contributed by atoms with Crippen molar-refractivity contribution < 1.29 is 22.3 Å². The zero-order valence-electron chi connectivity index (χ0n) is 14.0. The van der Waals surface area contributed by atoms with Crippen molar-refractivity contribution in [2.75, 3.05) is 0 Å². The SMILES string of the molecule is C=CCCC1CCC(C#Cc2ccc(OC(F)C(F)(F)F)cc2)CC1. The summed E-state index contributed by atoms with van der Waals surface area (Å²) in [7, 11) is 0. The van der Waals surface area contributed by atoms with Gasteiger partial charge in [-0.05, 0) is 68.7 Å². The summed E-state index contributed by atoms with van der Waals surface area (Å²) in [6.45, 7) is 3.75. The summed E-state index contributed by atoms with van der Waals surface area (Å²) in [5.41, 5.74) is 0.684. The van der Waals surface area contributed by atoms with Crippen molar-refractivity contribution in [3.63, 3.8) is 0 Å². The summed E-state index contributed by atoms with van der Waals surface area (Å²) in [5, 5.41) is 0. The summed E-state index contributed by atoms with van der Waals surface area (Å²) < 4.78 is 53.4. The first kappa shape index (κ1) is 19.4. The Bertz CT molecular complexity index is 601. The van der Waals surface area contributed by atoms with E-state index in [4.69, 9.17) is 0 Å². The molecule has 25 heavy (non-hydrogen) atoms. The lowest BCUT2D eigenvalue weighted by molar-refractivity contribution is -0.236. The maximum atomic E-state index is 12.8. The van der Waals surface area contributed by atoms with Crippen molar-refractivity contribution in [1.29, 1.82) is 0 Å². The molecule has 0 amide bonds. The predicted octanol–water partition coefficient (Wildman–Crippen LogP) is 6.05. The van der Waals surface area contributed by atoms with E-state index in [1.807, 2.05) is 6.08 Å². The molecular formula is C20H22F4O. The minimum atomic E-state index is -5.02. The van der Waals surface area contributed by atoms with Gasteiger partial charge in [-0.15, -0.1) is 6.58 Å². The first-order chi connectivity index (χ1) is 11.9. The Hall–Kier alpha value is -1.96. The molecule has 5 heteroatoms. The highest BCUT2D eigenvalue weighted by Gasteiger charge is 2.42. The molecule has 0 N–H and O–H groups in total. The van der Waals surface area contributed by atoms with Gasteiger partial charge in [0.05, 0.1) is 0 Å². The van der Waals surface area contributed by atoms with Gasteiger partial charge in [0.1, 0.15) is 5.75 Å². The van der Waals surface area contributed by atoms with Gasteiger partial charge >= 0.3 is 12.5 Å². The standard InChI is InChI=1S/C20H22F4O/c1-2-3-4-15-5-7-16(8-6-15)9-10-17-11-13-18(14-12-17)25-19(21)20(22,23)24/h2,11-16,19H,1,3-8H2. The van der Waals surface area contributed by atoms with Crippen molar-refractivity contribution in [2.45, 2.75) is 51.1 Å². The summed E-state index contributed by atoms with van der Waals surface area (Å²) >= 11 is 0. The molecule has 1 fully saturated rings. The second-order valence-electron chi connectivity index (χ2n) is 6.35. The fourth-order valence-electron chi connectivity index (χ4n) is 2.94. The zero-order valence-corrected chi connectivity index (χ0v) is 14.0. The van der Waals surface area contributed by atoms with Gasteiger partial charge in [-0.2, -0.15) is 17.6 Å². The van der Waals surface area contributed by atoms with Gasteiger partial charge in [-0.1, -0.05) is 17.9 Å². The Morgan fingerprint density at radius 2 is 1.80 bits per heavy atom. The lowest BCUT2D eigenvalue weighted by atomic mass is 9.80. The third kappa shape index (κ3) is 6.45. The highest BCUT2D eigenvalue weighted by atomic mass is 19.4. The van der Waals surface area contributed by atoms with Gasteiger partial charge in [-0.3, -0.25) is 0 Å². The van der Waals surface area contributed by atoms with E-state index in [1.54, 1.807) is 12.1 Å². The maximum absolute atomic E-state index is 12.8. The molecule has 0 radical (unpaired) electrons. The Morgan fingerprint density at radius 1 is 1.16 bits per heavy atom. The van der Waals surface area contributed by atoms with Gasteiger partial charge < -0.3 is 4.74 Å². The van der Waals surface area contributed by atoms with E-state index in [9.17, 15) is 17.6 Å². The molecule has 1 nitrogen and oxygen atoms in total. The smallest absolute Gasteiger partial charge is 0.452 e. The molecule has 0 saturated heterocycles. The second-order valence-corrected chi connectivity index (χ2v) is 6.35. The van der Waals surface area contributed by atoms with E-state index < -0.39 is 12.5 Å². The van der Waals surface area contributed by atoms with Crippen LogP contribution >= 0.6 is 0 Å². The number of benzene rings is 1. The van der Waals surface area contributed by atoms with Gasteiger partial charge in [0.15, 0.2) is 0 Å². The number of hydrogen-bond donors (Lipinski definition) is 0. The van der Waals surface area contributed by atoms with Crippen LogP contribution in [0.15, 0.2) is 36.9 Å². The number of alkyl halides is 4. The molecule has 1 aliphatic rings. The van der Waals surface area contributed by atoms with Crippen molar-refractivity contribution in [1.82, 2.24) is 0 Å². The highest BCUT2D eigenvalue weighted by Crippen LogP contribution is 2.31. The molecule has 1 aliphatic carbocycles. The van der Waals surface area contributed by atoms with E-state index in [1.165, 1.54) is 31.4 Å². The van der Waals surface area contributed by atoms with Crippen LogP contribution in [0.5, 0.6) is 5.75 Å². The molecule has 0 aliphatic heterocycles. The van der Waals surface area contributed by atoms with Crippen LogP contribution in [0, 0.1) is 23.7 Å². The molecule has 1 saturated carbocycles. The monoisotopic (exact) mass is 354 g/mol. The first-order valence-corrected chi connectivity index (χ1v) is 8.48. The van der Waals surface area contributed by atoms with Gasteiger partial charge in [-0.25, -0.2) is 0 Å². The number of hydrogen-bond acceptors (Lipinski definition) is 1. The van der Waals surface area contributed by atoms with Crippen LogP contribution in [0.25, 0.3) is 0 Å². The van der Waals surface area contributed by atoms with Crippen LogP contribution in [0.2, 0.25) is 0 Å². The van der Waals surface area contributed by atoms with Crippen molar-refractivity contribution in [3.8, 4) is 17.6 Å². The molecule has 0 spiro atoms. The minimum Gasteiger partial charge on any atom is -0.452 e. The Labute approximate surface area is 146 Å². The number of rotatable bonds is 5. The third-order valence-corrected chi connectivity index (χ3v) is 4.40. The van der Waals surface area contributed by atoms with E-state index in [0.717, 1.165) is 25.2 Å². The lowest BCUT2D eigenvalue weighted by Crippen LogP contribution is -2.29. The fraction of sp³-hybridized carbons (Fsp3) is 0.500. The Morgan fingerprint density at radius 3 is 2.36 bits per heavy atom. The van der Waals surface area contributed by atoms with Crippen molar-refractivity contribution in [3.05, 3.63) is 42.5 Å². The van der Waals surface area contributed by atoms with E-state index >= 15 is 0 Å². The van der Waals surface area contributed by atoms with E-state index in [-0.39, 0.29) is 5.75 Å². The average Bonchev–Trinajstić information content (AvgIpc) is 2.59. The summed E-state index contributed by atoms with van der Waals surface area (Å²) in [4.78, 5) is 0. The number of allylic oxidation sites excluding steroid dienone is 1. The van der Waals surface area contributed by atoms with Crippen LogP contribution in [0.1, 0.15) is 44.1 Å². The van der Waals surface area contributed by atoms with Crippen molar-refractivity contribution in [2.24, 2.45) is 11.8 Å². The molecular weight excluding hydrogens is 332 g/mol. The second kappa shape index (κ2) is 8.94. The zero-order chi connectivity index (χ0) is 18.3. The highest BCUT2D eigenvalue weighted by molar-refractivity contribution is 5.38. The summed E-state index contributed by atoms with van der Waals surface area (Å²) in [6.07, 6.45) is 0.367. The Kier molecular flexibility index (Phi) is 6.92. The van der Waals surface area contributed by atoms with Crippen LogP contribution < -0.4 is 4.74 Å². The molecule has 2 rings (SSSR count). The molecule has 1 atom stereocenters. The summed E-state index contributed by atoms with van der Waals surface area (Å²) in [6, 6.07) is 5.69. The van der Waals surface area contributed by atoms with E-state index in [2.05, 4.69) is 23.2 Å². The largest absolute Gasteiger partial charge is 0.457 e. The predicted molar refractivity (Wildman–Crippen MR) is 89.8 cm³/mol. The molecule has 136 valence electrons. The van der Waals surface area contributed by atoms with Gasteiger partial charge in [0.25, 0.3) is 0 Å². The van der Waals surface area contributed by atoms with E-state index in [0.29, 0.717) is 11.5 Å². The fourth-order valence-corrected chi connectivity index (χ4v) is 2.94. The first-order valence-electron chi connectivity index (χ1n) is 8.48. The molecule has 0 aromatic heterocycles. The topological polar surface area (TPSA) is 9.23 Å². The summed E-state index contributed by atoms with van der Waals surface area (Å²) in [5.74, 6) is 7.23. The van der Waals surface area contributed by atoms with Gasteiger partial charge in [0, 0.05) is 11.5 Å². The molecule has 0 heterocycles. The average molecular weight is 354 g/mol. The van der Waals surface area contributed by atoms with Crippen molar-refractivity contribution >= 4 is 0 Å². The van der Waals surface area contributed by atoms with Crippen LogP contribution in [-0.4, -0.2) is 12.5 Å². The molecule has 1 aromatic rings. The maximum Gasteiger partial charge on any atom is 0.457 e. The number of ether oxygens (including phenoxy) is 1. The normalized spacial score (nSPS) is 21.8. The molecule has 1 aromatic carbocycles. The van der Waals surface area contributed by atoms with Crippen LogP contribution in [0.4, 0.5) is 17.6 Å². The van der Waals surface area contributed by atoms with Crippen LogP contribution in [0.3, 0.4) is 0 Å². The third-order valence-electron chi connectivity index (χ3n) is 4.40. The minimum absolute atomic E-state index is 0.168. The van der Waals surface area contributed by atoms with Crippen LogP contribution in [-0.2, 0) is 0 Å².